The van der Waals surface area contributed by atoms with Crippen molar-refractivity contribution in [3.63, 3.8) is 0 Å². The van der Waals surface area contributed by atoms with Gasteiger partial charge in [0, 0.05) is 0 Å². The van der Waals surface area contributed by atoms with Gasteiger partial charge in [0.25, 0.3) is 0 Å². The van der Waals surface area contributed by atoms with E-state index in [9.17, 15) is 9.59 Å². The Hall–Kier alpha value is -2.12. The van der Waals surface area contributed by atoms with E-state index in [1.807, 2.05) is 0 Å². The SMILES string of the molecule is COC(=O)[C@@H](C)n1nncc1[C@@H](C)NC(=O)OC(C)(C)C. The lowest BCUT2D eigenvalue weighted by atomic mass is 10.2. The molecular weight excluding hydrogens is 276 g/mol. The van der Waals surface area contributed by atoms with E-state index in [2.05, 4.69) is 20.4 Å². The average Bonchev–Trinajstić information content (AvgIpc) is 2.83. The lowest BCUT2D eigenvalue weighted by Crippen LogP contribution is -2.35. The summed E-state index contributed by atoms with van der Waals surface area (Å²) in [5.74, 6) is -0.439. The summed E-state index contributed by atoms with van der Waals surface area (Å²) in [5, 5.41) is 10.3. The maximum absolute atomic E-state index is 11.8. The highest BCUT2D eigenvalue weighted by Crippen LogP contribution is 2.17. The predicted molar refractivity (Wildman–Crippen MR) is 74.5 cm³/mol. The Kier molecular flexibility index (Phi) is 5.28. The number of alkyl carbamates (subject to hydrolysis) is 1. The van der Waals surface area contributed by atoms with Gasteiger partial charge in [-0.1, -0.05) is 5.21 Å². The number of ether oxygens (including phenoxy) is 2. The van der Waals surface area contributed by atoms with Crippen molar-refractivity contribution in [1.29, 1.82) is 0 Å². The Labute approximate surface area is 123 Å². The third-order valence-electron chi connectivity index (χ3n) is 2.69. The number of nitrogens with zero attached hydrogens (tertiary/aromatic N) is 3. The van der Waals surface area contributed by atoms with Gasteiger partial charge in [-0.05, 0) is 34.6 Å². The Morgan fingerprint density at radius 3 is 2.48 bits per heavy atom. The second-order valence-electron chi connectivity index (χ2n) is 5.67. The van der Waals surface area contributed by atoms with Crippen molar-refractivity contribution < 1.29 is 19.1 Å². The molecule has 0 fully saturated rings. The van der Waals surface area contributed by atoms with Crippen molar-refractivity contribution in [3.05, 3.63) is 11.9 Å². The van der Waals surface area contributed by atoms with Crippen LogP contribution >= 0.6 is 0 Å². The molecule has 2 atom stereocenters. The van der Waals surface area contributed by atoms with Crippen LogP contribution in [0.25, 0.3) is 0 Å². The molecule has 21 heavy (non-hydrogen) atoms. The van der Waals surface area contributed by atoms with Gasteiger partial charge in [-0.2, -0.15) is 0 Å². The Morgan fingerprint density at radius 2 is 1.95 bits per heavy atom. The lowest BCUT2D eigenvalue weighted by Gasteiger charge is -2.22. The monoisotopic (exact) mass is 298 g/mol. The zero-order valence-corrected chi connectivity index (χ0v) is 13.2. The van der Waals surface area contributed by atoms with E-state index >= 15 is 0 Å². The summed E-state index contributed by atoms with van der Waals surface area (Å²) in [6, 6.07) is -1.04. The first-order chi connectivity index (χ1) is 9.65. The maximum atomic E-state index is 11.8. The van der Waals surface area contributed by atoms with Crippen LogP contribution in [0, 0.1) is 0 Å². The number of hydrogen-bond acceptors (Lipinski definition) is 6. The summed E-state index contributed by atoms with van der Waals surface area (Å²) in [6.07, 6.45) is 0.940. The van der Waals surface area contributed by atoms with Crippen LogP contribution in [0.4, 0.5) is 4.79 Å². The number of hydrogen-bond donors (Lipinski definition) is 1. The number of carbonyl (C=O) groups excluding carboxylic acids is 2. The quantitative estimate of drug-likeness (QED) is 0.848. The molecule has 1 N–H and O–H groups in total. The largest absolute Gasteiger partial charge is 0.467 e. The highest BCUT2D eigenvalue weighted by atomic mass is 16.6. The maximum Gasteiger partial charge on any atom is 0.408 e. The van der Waals surface area contributed by atoms with Crippen LogP contribution in [0.1, 0.15) is 52.4 Å². The standard InChI is InChI=1S/C13H22N4O4/c1-8(15-12(19)21-13(3,4)5)10-7-14-16-17(10)9(2)11(18)20-6/h7-9H,1-6H3,(H,15,19)/t8-,9-/m1/s1. The second-order valence-corrected chi connectivity index (χ2v) is 5.67. The molecule has 0 aliphatic carbocycles. The summed E-state index contributed by atoms with van der Waals surface area (Å²) in [5.41, 5.74) is 0.000444. The third kappa shape index (κ3) is 4.73. The van der Waals surface area contributed by atoms with E-state index in [4.69, 9.17) is 4.74 Å². The molecule has 118 valence electrons. The number of aromatic nitrogens is 3. The molecule has 0 spiro atoms. The minimum absolute atomic E-state index is 0.415. The van der Waals surface area contributed by atoms with E-state index in [0.717, 1.165) is 0 Å². The molecule has 1 heterocycles. The van der Waals surface area contributed by atoms with E-state index in [1.54, 1.807) is 34.6 Å². The van der Waals surface area contributed by atoms with Crippen molar-refractivity contribution in [2.45, 2.75) is 52.3 Å². The molecule has 1 rings (SSSR count). The molecule has 1 aromatic heterocycles. The van der Waals surface area contributed by atoms with Gasteiger partial charge in [0.2, 0.25) is 0 Å². The lowest BCUT2D eigenvalue weighted by molar-refractivity contribution is -0.144. The van der Waals surface area contributed by atoms with E-state index < -0.39 is 29.7 Å². The van der Waals surface area contributed by atoms with Gasteiger partial charge in [0.15, 0.2) is 0 Å². The molecule has 0 aliphatic heterocycles. The van der Waals surface area contributed by atoms with Crippen LogP contribution in [0.3, 0.4) is 0 Å². The van der Waals surface area contributed by atoms with Crippen molar-refractivity contribution >= 4 is 12.1 Å². The molecule has 0 unspecified atom stereocenters. The topological polar surface area (TPSA) is 95.3 Å². The molecule has 1 aromatic rings. The molecule has 0 saturated heterocycles. The van der Waals surface area contributed by atoms with Gasteiger partial charge >= 0.3 is 12.1 Å². The number of rotatable bonds is 4. The fourth-order valence-corrected chi connectivity index (χ4v) is 1.69. The fraction of sp³-hybridized carbons (Fsp3) is 0.692. The normalized spacial score (nSPS) is 14.2. The van der Waals surface area contributed by atoms with Crippen LogP contribution < -0.4 is 5.32 Å². The van der Waals surface area contributed by atoms with Crippen LogP contribution in [-0.2, 0) is 14.3 Å². The number of nitrogens with one attached hydrogen (secondary N) is 1. The number of amides is 1. The van der Waals surface area contributed by atoms with Crippen molar-refractivity contribution in [2.24, 2.45) is 0 Å². The number of methoxy groups -OCH3 is 1. The van der Waals surface area contributed by atoms with Crippen molar-refractivity contribution in [1.82, 2.24) is 20.3 Å². The zero-order chi connectivity index (χ0) is 16.2. The Bertz CT molecular complexity index is 507. The third-order valence-corrected chi connectivity index (χ3v) is 2.69. The Balaban J connectivity index is 2.80. The van der Waals surface area contributed by atoms with E-state index in [-0.39, 0.29) is 0 Å². The molecule has 1 amide bonds. The predicted octanol–water partition coefficient (Wildman–Crippen LogP) is 1.60. The Morgan fingerprint density at radius 1 is 1.33 bits per heavy atom. The average molecular weight is 298 g/mol. The molecule has 0 saturated carbocycles. The molecule has 0 aromatic carbocycles. The summed E-state index contributed by atoms with van der Waals surface area (Å²) in [6.45, 7) is 8.74. The zero-order valence-electron chi connectivity index (χ0n) is 13.2. The van der Waals surface area contributed by atoms with E-state index in [1.165, 1.54) is 18.0 Å². The minimum Gasteiger partial charge on any atom is -0.467 e. The fourth-order valence-electron chi connectivity index (χ4n) is 1.69. The molecule has 0 aliphatic rings. The summed E-state index contributed by atoms with van der Waals surface area (Å²) < 4.78 is 11.3. The van der Waals surface area contributed by atoms with Crippen LogP contribution in [-0.4, -0.2) is 39.8 Å². The molecule has 8 nitrogen and oxygen atoms in total. The van der Waals surface area contributed by atoms with Gasteiger partial charge in [-0.3, -0.25) is 0 Å². The summed E-state index contributed by atoms with van der Waals surface area (Å²) >= 11 is 0. The van der Waals surface area contributed by atoms with Gasteiger partial charge in [0.05, 0.1) is 25.0 Å². The highest BCUT2D eigenvalue weighted by Gasteiger charge is 2.24. The van der Waals surface area contributed by atoms with Crippen LogP contribution in [0.5, 0.6) is 0 Å². The second kappa shape index (κ2) is 6.55. The van der Waals surface area contributed by atoms with E-state index in [0.29, 0.717) is 5.69 Å². The smallest absolute Gasteiger partial charge is 0.408 e. The molecule has 8 heteroatoms. The highest BCUT2D eigenvalue weighted by molar-refractivity contribution is 5.73. The van der Waals surface area contributed by atoms with Gasteiger partial charge in [-0.25, -0.2) is 14.3 Å². The van der Waals surface area contributed by atoms with Crippen LogP contribution in [0.15, 0.2) is 6.20 Å². The van der Waals surface area contributed by atoms with Gasteiger partial charge in [-0.15, -0.1) is 5.10 Å². The summed E-state index contributed by atoms with van der Waals surface area (Å²) in [4.78, 5) is 23.3. The number of carbonyl (C=O) groups is 2. The first-order valence-corrected chi connectivity index (χ1v) is 6.63. The summed E-state index contributed by atoms with van der Waals surface area (Å²) in [7, 11) is 1.30. The first kappa shape index (κ1) is 16.9. The van der Waals surface area contributed by atoms with Crippen LogP contribution in [0.2, 0.25) is 0 Å². The van der Waals surface area contributed by atoms with Crippen molar-refractivity contribution in [2.75, 3.05) is 7.11 Å². The molecule has 0 radical (unpaired) electrons. The molecular formula is C13H22N4O4. The van der Waals surface area contributed by atoms with Crippen molar-refractivity contribution in [3.8, 4) is 0 Å². The number of esters is 1. The minimum atomic E-state index is -0.629. The van der Waals surface area contributed by atoms with Gasteiger partial charge < -0.3 is 14.8 Å². The first-order valence-electron chi connectivity index (χ1n) is 6.63. The van der Waals surface area contributed by atoms with Gasteiger partial charge in [0.1, 0.15) is 11.6 Å². The molecule has 0 bridgehead atoms.